The van der Waals surface area contributed by atoms with Gasteiger partial charge < -0.3 is 11.1 Å². The van der Waals surface area contributed by atoms with Gasteiger partial charge in [-0.2, -0.15) is 0 Å². The van der Waals surface area contributed by atoms with Gasteiger partial charge in [-0.15, -0.1) is 0 Å². The highest BCUT2D eigenvalue weighted by Crippen LogP contribution is 2.24. The van der Waals surface area contributed by atoms with Crippen LogP contribution in [0.5, 0.6) is 0 Å². The van der Waals surface area contributed by atoms with Crippen molar-refractivity contribution in [3.8, 4) is 0 Å². The largest absolute Gasteiger partial charge is 0.329 e. The van der Waals surface area contributed by atoms with Crippen molar-refractivity contribution in [1.82, 2.24) is 0 Å². The van der Waals surface area contributed by atoms with Crippen molar-refractivity contribution in [3.63, 3.8) is 0 Å². The van der Waals surface area contributed by atoms with E-state index in [2.05, 4.69) is 27.9 Å². The van der Waals surface area contributed by atoms with Crippen LogP contribution in [0.25, 0.3) is 0 Å². The molecule has 0 fully saturated rings. The lowest BCUT2D eigenvalue weighted by Gasteiger charge is -2.21. The molecule has 3 nitrogen and oxygen atoms in total. The van der Waals surface area contributed by atoms with Crippen LogP contribution in [0.1, 0.15) is 13.8 Å². The molecule has 0 aliphatic carbocycles. The van der Waals surface area contributed by atoms with Gasteiger partial charge in [0, 0.05) is 15.1 Å². The summed E-state index contributed by atoms with van der Waals surface area (Å²) >= 11 is 7.96. The third kappa shape index (κ3) is 3.33. The molecule has 5 heteroatoms. The molecular weight excluding hydrogens is 338 g/mol. The highest BCUT2D eigenvalue weighted by molar-refractivity contribution is 14.1. The van der Waals surface area contributed by atoms with Crippen molar-refractivity contribution in [3.05, 3.63) is 26.8 Å². The summed E-state index contributed by atoms with van der Waals surface area (Å²) in [6, 6.07) is 5.33. The molecule has 0 spiro atoms. The van der Waals surface area contributed by atoms with E-state index in [1.807, 2.05) is 13.8 Å². The van der Waals surface area contributed by atoms with Crippen molar-refractivity contribution < 1.29 is 4.79 Å². The van der Waals surface area contributed by atoms with Crippen LogP contribution in [0.15, 0.2) is 18.2 Å². The zero-order chi connectivity index (χ0) is 12.3. The Morgan fingerprint density at radius 1 is 1.56 bits per heavy atom. The lowest BCUT2D eigenvalue weighted by molar-refractivity contribution is -0.123. The van der Waals surface area contributed by atoms with Gasteiger partial charge in [0.25, 0.3) is 0 Å². The molecule has 0 radical (unpaired) electrons. The second-order valence-corrected chi connectivity index (χ2v) is 5.76. The van der Waals surface area contributed by atoms with E-state index in [-0.39, 0.29) is 5.91 Å². The molecule has 0 aromatic heterocycles. The Kier molecular flexibility index (Phi) is 4.58. The number of benzene rings is 1. The molecule has 1 rings (SSSR count). The third-order valence-electron chi connectivity index (χ3n) is 2.30. The van der Waals surface area contributed by atoms with Gasteiger partial charge in [0.2, 0.25) is 5.91 Å². The Morgan fingerprint density at radius 2 is 2.19 bits per heavy atom. The number of halogens is 2. The summed E-state index contributed by atoms with van der Waals surface area (Å²) in [7, 11) is 0. The summed E-state index contributed by atoms with van der Waals surface area (Å²) in [6.07, 6.45) is 0. The predicted octanol–water partition coefficient (Wildman–Crippen LogP) is 2.87. The second-order valence-electron chi connectivity index (χ2n) is 4.17. The highest BCUT2D eigenvalue weighted by Gasteiger charge is 2.26. The van der Waals surface area contributed by atoms with Gasteiger partial charge in [-0.3, -0.25) is 4.79 Å². The summed E-state index contributed by atoms with van der Waals surface area (Å²) in [5.74, 6) is -0.0877. The molecule has 0 bridgehead atoms. The van der Waals surface area contributed by atoms with Crippen molar-refractivity contribution in [2.75, 3.05) is 11.9 Å². The standard InChI is InChI=1S/C11H14ClIN2O/c1-11(2,6-14)10(16)15-9-4-3-7(12)5-8(9)13/h3-5H,6,14H2,1-2H3,(H,15,16). The van der Waals surface area contributed by atoms with E-state index >= 15 is 0 Å². The zero-order valence-corrected chi connectivity index (χ0v) is 12.1. The molecular formula is C11H14ClIN2O. The van der Waals surface area contributed by atoms with E-state index in [9.17, 15) is 4.79 Å². The molecule has 1 aromatic carbocycles. The van der Waals surface area contributed by atoms with E-state index in [1.165, 1.54) is 0 Å². The second kappa shape index (κ2) is 5.33. The van der Waals surface area contributed by atoms with Gasteiger partial charge >= 0.3 is 0 Å². The molecule has 88 valence electrons. The van der Waals surface area contributed by atoms with Gasteiger partial charge in [0.05, 0.1) is 11.1 Å². The number of carbonyl (C=O) groups is 1. The Labute approximate surface area is 114 Å². The lowest BCUT2D eigenvalue weighted by atomic mass is 9.92. The van der Waals surface area contributed by atoms with Crippen molar-refractivity contribution in [2.45, 2.75) is 13.8 Å². The summed E-state index contributed by atoms with van der Waals surface area (Å²) < 4.78 is 0.909. The van der Waals surface area contributed by atoms with Gasteiger partial charge in [0.1, 0.15) is 0 Å². The number of hydrogen-bond acceptors (Lipinski definition) is 2. The van der Waals surface area contributed by atoms with Gasteiger partial charge in [-0.25, -0.2) is 0 Å². The maximum absolute atomic E-state index is 11.9. The molecule has 0 heterocycles. The predicted molar refractivity (Wildman–Crippen MR) is 75.6 cm³/mol. The van der Waals surface area contributed by atoms with Crippen LogP contribution >= 0.6 is 34.2 Å². The van der Waals surface area contributed by atoms with Crippen LogP contribution < -0.4 is 11.1 Å². The number of hydrogen-bond donors (Lipinski definition) is 2. The minimum absolute atomic E-state index is 0.0877. The Balaban J connectivity index is 2.85. The summed E-state index contributed by atoms with van der Waals surface area (Å²) in [5.41, 5.74) is 5.73. The monoisotopic (exact) mass is 352 g/mol. The first-order chi connectivity index (χ1) is 7.36. The SMILES string of the molecule is CC(C)(CN)C(=O)Nc1ccc(Cl)cc1I. The maximum Gasteiger partial charge on any atom is 0.231 e. The van der Waals surface area contributed by atoms with E-state index in [1.54, 1.807) is 18.2 Å². The summed E-state index contributed by atoms with van der Waals surface area (Å²) in [4.78, 5) is 11.9. The first kappa shape index (κ1) is 13.7. The summed E-state index contributed by atoms with van der Waals surface area (Å²) in [5, 5.41) is 3.50. The van der Waals surface area contributed by atoms with E-state index in [0.717, 1.165) is 9.26 Å². The third-order valence-corrected chi connectivity index (χ3v) is 3.43. The molecule has 0 unspecified atom stereocenters. The number of nitrogens with one attached hydrogen (secondary N) is 1. The van der Waals surface area contributed by atoms with E-state index in [4.69, 9.17) is 17.3 Å². The van der Waals surface area contributed by atoms with Crippen LogP contribution in [0.2, 0.25) is 5.02 Å². The average molecular weight is 353 g/mol. The molecule has 1 aromatic rings. The van der Waals surface area contributed by atoms with Crippen LogP contribution in [0.3, 0.4) is 0 Å². The maximum atomic E-state index is 11.9. The van der Waals surface area contributed by atoms with Crippen LogP contribution in [0.4, 0.5) is 5.69 Å². The number of carbonyl (C=O) groups excluding carboxylic acids is 1. The molecule has 0 aliphatic heterocycles. The van der Waals surface area contributed by atoms with Crippen molar-refractivity contribution in [2.24, 2.45) is 11.1 Å². The van der Waals surface area contributed by atoms with E-state index < -0.39 is 5.41 Å². The molecule has 0 saturated heterocycles. The quantitative estimate of drug-likeness (QED) is 0.822. The Bertz CT molecular complexity index is 407. The highest BCUT2D eigenvalue weighted by atomic mass is 127. The fourth-order valence-corrected chi connectivity index (χ4v) is 1.98. The number of rotatable bonds is 3. The molecule has 3 N–H and O–H groups in total. The fourth-order valence-electron chi connectivity index (χ4n) is 0.975. The van der Waals surface area contributed by atoms with Gasteiger partial charge in [-0.1, -0.05) is 11.6 Å². The topological polar surface area (TPSA) is 55.1 Å². The Morgan fingerprint density at radius 3 is 2.69 bits per heavy atom. The van der Waals surface area contributed by atoms with Gasteiger partial charge in [0.15, 0.2) is 0 Å². The minimum atomic E-state index is -0.567. The first-order valence-electron chi connectivity index (χ1n) is 4.83. The Hall–Kier alpha value is -0.330. The van der Waals surface area contributed by atoms with Crippen LogP contribution in [-0.4, -0.2) is 12.5 Å². The minimum Gasteiger partial charge on any atom is -0.329 e. The number of anilines is 1. The van der Waals surface area contributed by atoms with E-state index in [0.29, 0.717) is 11.6 Å². The van der Waals surface area contributed by atoms with Crippen molar-refractivity contribution >= 4 is 45.8 Å². The molecule has 0 saturated carbocycles. The van der Waals surface area contributed by atoms with Gasteiger partial charge in [-0.05, 0) is 54.6 Å². The number of nitrogens with two attached hydrogens (primary N) is 1. The zero-order valence-electron chi connectivity index (χ0n) is 9.18. The number of amides is 1. The molecule has 0 aliphatic rings. The smallest absolute Gasteiger partial charge is 0.231 e. The fraction of sp³-hybridized carbons (Fsp3) is 0.364. The summed E-state index contributed by atoms with van der Waals surface area (Å²) in [6.45, 7) is 3.93. The normalized spacial score (nSPS) is 11.3. The van der Waals surface area contributed by atoms with Crippen LogP contribution in [-0.2, 0) is 4.79 Å². The lowest BCUT2D eigenvalue weighted by Crippen LogP contribution is -2.37. The molecule has 1 amide bonds. The first-order valence-corrected chi connectivity index (χ1v) is 6.29. The molecule has 16 heavy (non-hydrogen) atoms. The van der Waals surface area contributed by atoms with Crippen molar-refractivity contribution in [1.29, 1.82) is 0 Å². The molecule has 0 atom stereocenters. The van der Waals surface area contributed by atoms with Crippen LogP contribution in [0, 0.1) is 8.99 Å². The average Bonchev–Trinajstić information content (AvgIpc) is 2.22.